The third-order valence-electron chi connectivity index (χ3n) is 4.31. The number of ether oxygens (including phenoxy) is 1. The van der Waals surface area contributed by atoms with E-state index in [0.29, 0.717) is 6.61 Å². The summed E-state index contributed by atoms with van der Waals surface area (Å²) >= 11 is 0. The van der Waals surface area contributed by atoms with Crippen molar-refractivity contribution in [2.75, 3.05) is 13.1 Å². The molecule has 2 aromatic carbocycles. The Morgan fingerprint density at radius 1 is 1.08 bits per heavy atom. The van der Waals surface area contributed by atoms with Crippen LogP contribution in [0.2, 0.25) is 0 Å². The molecule has 0 unspecified atom stereocenters. The highest BCUT2D eigenvalue weighted by atomic mass is 16.5. The maximum atomic E-state index is 12.3. The van der Waals surface area contributed by atoms with E-state index in [9.17, 15) is 4.79 Å². The van der Waals surface area contributed by atoms with Crippen LogP contribution < -0.4 is 4.74 Å². The predicted molar refractivity (Wildman–Crippen MR) is 101 cm³/mol. The van der Waals surface area contributed by atoms with Crippen LogP contribution in [0.3, 0.4) is 0 Å². The minimum Gasteiger partial charge on any atom is -0.489 e. The first kappa shape index (κ1) is 17.0. The maximum Gasteiger partial charge on any atom is 0.246 e. The highest BCUT2D eigenvalue weighted by Gasteiger charge is 2.15. The van der Waals surface area contributed by atoms with E-state index in [-0.39, 0.29) is 5.91 Å². The van der Waals surface area contributed by atoms with E-state index in [1.807, 2.05) is 65.6 Å². The minimum absolute atomic E-state index is 0.0584. The number of rotatable bonds is 5. The zero-order chi connectivity index (χ0) is 17.5. The van der Waals surface area contributed by atoms with Gasteiger partial charge in [-0.05, 0) is 42.2 Å². The highest BCUT2D eigenvalue weighted by molar-refractivity contribution is 5.91. The second kappa shape index (κ2) is 8.34. The first-order valence-electron chi connectivity index (χ1n) is 8.61. The van der Waals surface area contributed by atoms with Crippen molar-refractivity contribution in [1.29, 1.82) is 0 Å². The molecule has 0 spiro atoms. The van der Waals surface area contributed by atoms with Crippen molar-refractivity contribution >= 4 is 12.0 Å². The van der Waals surface area contributed by atoms with Gasteiger partial charge >= 0.3 is 0 Å². The number of amides is 1. The highest BCUT2D eigenvalue weighted by Crippen LogP contribution is 2.17. The zero-order valence-electron chi connectivity index (χ0n) is 14.4. The molecule has 0 saturated carbocycles. The molecule has 1 saturated heterocycles. The van der Waals surface area contributed by atoms with Gasteiger partial charge in [-0.15, -0.1) is 0 Å². The summed E-state index contributed by atoms with van der Waals surface area (Å²) in [4.78, 5) is 14.1. The van der Waals surface area contributed by atoms with Crippen LogP contribution >= 0.6 is 0 Å². The summed E-state index contributed by atoms with van der Waals surface area (Å²) in [5, 5.41) is 0. The Labute approximate surface area is 149 Å². The quantitative estimate of drug-likeness (QED) is 0.597. The first-order valence-corrected chi connectivity index (χ1v) is 8.61. The number of carbonyl (C=O) groups excluding carboxylic acids is 1. The minimum atomic E-state index is 0.0584. The van der Waals surface area contributed by atoms with Crippen LogP contribution in [0.5, 0.6) is 5.75 Å². The van der Waals surface area contributed by atoms with Gasteiger partial charge in [0, 0.05) is 19.2 Å². The molecule has 0 N–H and O–H groups in total. The van der Waals surface area contributed by atoms with Gasteiger partial charge in [-0.3, -0.25) is 4.79 Å². The summed E-state index contributed by atoms with van der Waals surface area (Å²) in [6.45, 7) is 6.05. The van der Waals surface area contributed by atoms with Gasteiger partial charge in [0.2, 0.25) is 5.91 Å². The predicted octanol–water partition coefficient (Wildman–Crippen LogP) is 4.46. The third kappa shape index (κ3) is 5.08. The third-order valence-corrected chi connectivity index (χ3v) is 4.31. The molecule has 0 aromatic heterocycles. The van der Waals surface area contributed by atoms with Gasteiger partial charge in [0.25, 0.3) is 0 Å². The van der Waals surface area contributed by atoms with E-state index in [1.165, 1.54) is 5.57 Å². The SMILES string of the molecule is C=C1CCN(C(=O)/C=C/c2cccc(OCc3ccccc3)c2)CC1. The molecule has 0 atom stereocenters. The van der Waals surface area contributed by atoms with Crippen molar-refractivity contribution in [3.63, 3.8) is 0 Å². The summed E-state index contributed by atoms with van der Waals surface area (Å²) in [5.41, 5.74) is 3.32. The topological polar surface area (TPSA) is 29.5 Å². The molecule has 0 bridgehead atoms. The molecular weight excluding hydrogens is 310 g/mol. The Bertz CT molecular complexity index is 755. The lowest BCUT2D eigenvalue weighted by atomic mass is 10.1. The average molecular weight is 333 g/mol. The fraction of sp³-hybridized carbons (Fsp3) is 0.227. The Balaban J connectivity index is 1.57. The van der Waals surface area contributed by atoms with Gasteiger partial charge in [-0.2, -0.15) is 0 Å². The number of piperidine rings is 1. The van der Waals surface area contributed by atoms with Crippen LogP contribution in [0.15, 0.2) is 72.8 Å². The number of carbonyl (C=O) groups is 1. The summed E-state index contributed by atoms with van der Waals surface area (Å²) in [7, 11) is 0. The van der Waals surface area contributed by atoms with Crippen molar-refractivity contribution < 1.29 is 9.53 Å². The van der Waals surface area contributed by atoms with Crippen molar-refractivity contribution in [2.45, 2.75) is 19.4 Å². The molecule has 25 heavy (non-hydrogen) atoms. The van der Waals surface area contributed by atoms with Crippen molar-refractivity contribution in [3.8, 4) is 5.75 Å². The normalized spacial score (nSPS) is 14.7. The molecule has 1 amide bonds. The molecule has 0 aliphatic carbocycles. The van der Waals surface area contributed by atoms with E-state index >= 15 is 0 Å². The van der Waals surface area contributed by atoms with Gasteiger partial charge in [0.05, 0.1) is 0 Å². The van der Waals surface area contributed by atoms with E-state index in [4.69, 9.17) is 4.74 Å². The Hall–Kier alpha value is -2.81. The summed E-state index contributed by atoms with van der Waals surface area (Å²) in [6.07, 6.45) is 5.30. The Kier molecular flexibility index (Phi) is 5.68. The number of nitrogens with zero attached hydrogens (tertiary/aromatic N) is 1. The van der Waals surface area contributed by atoms with Crippen LogP contribution in [-0.2, 0) is 11.4 Å². The molecule has 2 aromatic rings. The fourth-order valence-corrected chi connectivity index (χ4v) is 2.77. The molecule has 128 valence electrons. The monoisotopic (exact) mass is 333 g/mol. The average Bonchev–Trinajstić information content (AvgIpc) is 2.66. The van der Waals surface area contributed by atoms with Gasteiger partial charge in [-0.1, -0.05) is 54.6 Å². The first-order chi connectivity index (χ1) is 12.2. The maximum absolute atomic E-state index is 12.3. The van der Waals surface area contributed by atoms with E-state index < -0.39 is 0 Å². The molecule has 3 heteroatoms. The smallest absolute Gasteiger partial charge is 0.246 e. The van der Waals surface area contributed by atoms with E-state index in [0.717, 1.165) is 42.8 Å². The largest absolute Gasteiger partial charge is 0.489 e. The molecule has 1 aliphatic rings. The molecule has 0 radical (unpaired) electrons. The number of hydrogen-bond donors (Lipinski definition) is 0. The lowest BCUT2D eigenvalue weighted by molar-refractivity contribution is -0.126. The molecule has 1 heterocycles. The lowest BCUT2D eigenvalue weighted by Gasteiger charge is -2.26. The second-order valence-electron chi connectivity index (χ2n) is 6.26. The van der Waals surface area contributed by atoms with Gasteiger partial charge in [-0.25, -0.2) is 0 Å². The Morgan fingerprint density at radius 3 is 2.60 bits per heavy atom. The molecule has 3 nitrogen and oxygen atoms in total. The van der Waals surface area contributed by atoms with Crippen LogP contribution in [0.4, 0.5) is 0 Å². The Morgan fingerprint density at radius 2 is 1.84 bits per heavy atom. The van der Waals surface area contributed by atoms with Crippen LogP contribution in [0.25, 0.3) is 6.08 Å². The van der Waals surface area contributed by atoms with Gasteiger partial charge < -0.3 is 9.64 Å². The molecule has 1 aliphatic heterocycles. The number of hydrogen-bond acceptors (Lipinski definition) is 2. The molecular formula is C22H23NO2. The number of likely N-dealkylation sites (tertiary alicyclic amines) is 1. The van der Waals surface area contributed by atoms with Crippen LogP contribution in [-0.4, -0.2) is 23.9 Å². The number of benzene rings is 2. The molecule has 3 rings (SSSR count). The van der Waals surface area contributed by atoms with E-state index in [2.05, 4.69) is 6.58 Å². The van der Waals surface area contributed by atoms with Crippen LogP contribution in [0, 0.1) is 0 Å². The van der Waals surface area contributed by atoms with Gasteiger partial charge in [0.1, 0.15) is 12.4 Å². The van der Waals surface area contributed by atoms with Crippen molar-refractivity contribution in [2.24, 2.45) is 0 Å². The van der Waals surface area contributed by atoms with Crippen molar-refractivity contribution in [1.82, 2.24) is 4.90 Å². The van der Waals surface area contributed by atoms with E-state index in [1.54, 1.807) is 6.08 Å². The fourth-order valence-electron chi connectivity index (χ4n) is 2.77. The van der Waals surface area contributed by atoms with Crippen molar-refractivity contribution in [3.05, 3.63) is 84.0 Å². The zero-order valence-corrected chi connectivity index (χ0v) is 14.4. The summed E-state index contributed by atoms with van der Waals surface area (Å²) in [6, 6.07) is 17.9. The summed E-state index contributed by atoms with van der Waals surface area (Å²) in [5.74, 6) is 0.857. The lowest BCUT2D eigenvalue weighted by Crippen LogP contribution is -2.34. The van der Waals surface area contributed by atoms with Crippen LogP contribution in [0.1, 0.15) is 24.0 Å². The summed E-state index contributed by atoms with van der Waals surface area (Å²) < 4.78 is 5.83. The van der Waals surface area contributed by atoms with Gasteiger partial charge in [0.15, 0.2) is 0 Å². The standard InChI is InChI=1S/C22H23NO2/c1-18-12-14-23(15-13-18)22(24)11-10-19-8-5-9-21(16-19)25-17-20-6-3-2-4-7-20/h2-11,16H,1,12-15,17H2/b11-10+. The molecule has 1 fully saturated rings. The second-order valence-corrected chi connectivity index (χ2v) is 6.26.